The molecular weight excluding hydrogens is 214 g/mol. The van der Waals surface area contributed by atoms with Crippen LogP contribution in [0.25, 0.3) is 0 Å². The van der Waals surface area contributed by atoms with Crippen molar-refractivity contribution in [3.63, 3.8) is 0 Å². The zero-order valence-electron chi connectivity index (χ0n) is 9.04. The van der Waals surface area contributed by atoms with Crippen molar-refractivity contribution in [3.8, 4) is 0 Å². The maximum Gasteiger partial charge on any atom is 0.325 e. The molecule has 1 heterocycles. The molecule has 1 aliphatic heterocycles. The lowest BCUT2D eigenvalue weighted by Crippen LogP contribution is -2.58. The molecule has 0 aromatic carbocycles. The van der Waals surface area contributed by atoms with E-state index in [1.165, 1.54) is 0 Å². The van der Waals surface area contributed by atoms with Gasteiger partial charge < -0.3 is 15.4 Å². The summed E-state index contributed by atoms with van der Waals surface area (Å²) in [5, 5.41) is 7.72. The van der Waals surface area contributed by atoms with Crippen LogP contribution in [-0.2, 0) is 19.1 Å². The summed E-state index contributed by atoms with van der Waals surface area (Å²) < 4.78 is 4.65. The van der Waals surface area contributed by atoms with Gasteiger partial charge in [0.1, 0.15) is 12.6 Å². The Kier molecular flexibility index (Phi) is 4.71. The molecule has 1 atom stereocenters. The third-order valence-electron chi connectivity index (χ3n) is 2.04. The van der Waals surface area contributed by atoms with Crippen LogP contribution >= 0.6 is 0 Å². The number of amides is 2. The van der Waals surface area contributed by atoms with Crippen LogP contribution in [0.5, 0.6) is 0 Å². The van der Waals surface area contributed by atoms with Crippen molar-refractivity contribution in [3.05, 3.63) is 0 Å². The molecule has 3 N–H and O–H groups in total. The van der Waals surface area contributed by atoms with Crippen molar-refractivity contribution < 1.29 is 19.1 Å². The molecule has 0 aromatic rings. The average molecular weight is 229 g/mol. The zero-order valence-corrected chi connectivity index (χ0v) is 9.04. The predicted octanol–water partition coefficient (Wildman–Crippen LogP) is -2.25. The van der Waals surface area contributed by atoms with Gasteiger partial charge in [-0.05, 0) is 6.92 Å². The summed E-state index contributed by atoms with van der Waals surface area (Å²) in [6, 6.07) is -0.493. The lowest BCUT2D eigenvalue weighted by atomic mass is 10.2. The highest BCUT2D eigenvalue weighted by Gasteiger charge is 2.23. The van der Waals surface area contributed by atoms with E-state index in [1.807, 2.05) is 0 Å². The van der Waals surface area contributed by atoms with E-state index in [2.05, 4.69) is 20.7 Å². The summed E-state index contributed by atoms with van der Waals surface area (Å²) >= 11 is 0. The van der Waals surface area contributed by atoms with Gasteiger partial charge in [-0.3, -0.25) is 19.7 Å². The number of nitrogens with one attached hydrogen (secondary N) is 3. The van der Waals surface area contributed by atoms with E-state index in [0.29, 0.717) is 0 Å². The van der Waals surface area contributed by atoms with Crippen LogP contribution in [0.3, 0.4) is 0 Å². The Morgan fingerprint density at radius 3 is 2.88 bits per heavy atom. The summed E-state index contributed by atoms with van der Waals surface area (Å²) in [5.41, 5.74) is 0. The monoisotopic (exact) mass is 229 g/mol. The van der Waals surface area contributed by atoms with E-state index in [-0.39, 0.29) is 38.1 Å². The van der Waals surface area contributed by atoms with Gasteiger partial charge in [0.05, 0.1) is 13.2 Å². The Balaban J connectivity index is 2.24. The van der Waals surface area contributed by atoms with Gasteiger partial charge in [-0.2, -0.15) is 0 Å². The Hall–Kier alpha value is -1.63. The molecule has 0 saturated carbocycles. The first kappa shape index (κ1) is 12.4. The topological polar surface area (TPSA) is 96.5 Å². The molecule has 0 spiro atoms. The van der Waals surface area contributed by atoms with Crippen molar-refractivity contribution >= 4 is 17.8 Å². The summed E-state index contributed by atoms with van der Waals surface area (Å²) in [4.78, 5) is 33.2. The van der Waals surface area contributed by atoms with E-state index < -0.39 is 12.0 Å². The molecule has 0 radical (unpaired) electrons. The number of piperazine rings is 1. The van der Waals surface area contributed by atoms with Crippen LogP contribution in [0.4, 0.5) is 0 Å². The fourth-order valence-corrected chi connectivity index (χ4v) is 1.25. The van der Waals surface area contributed by atoms with Gasteiger partial charge in [0, 0.05) is 6.54 Å². The Bertz CT molecular complexity index is 282. The fourth-order valence-electron chi connectivity index (χ4n) is 1.25. The van der Waals surface area contributed by atoms with Gasteiger partial charge in [0.25, 0.3) is 0 Å². The summed E-state index contributed by atoms with van der Waals surface area (Å²) in [6.45, 7) is 2.16. The van der Waals surface area contributed by atoms with Gasteiger partial charge in [0.15, 0.2) is 0 Å². The van der Waals surface area contributed by atoms with E-state index in [1.54, 1.807) is 6.92 Å². The lowest BCUT2D eigenvalue weighted by molar-refractivity contribution is -0.143. The first-order chi connectivity index (χ1) is 7.63. The fraction of sp³-hybridized carbons (Fsp3) is 0.667. The molecule has 90 valence electrons. The standard InChI is InChI=1S/C9H15N3O4/c1-2-16-8(14)5-12-9(15)6-3-11-7(13)4-10-6/h6,10H,2-5H2,1H3,(H,11,13)(H,12,15). The molecule has 0 aliphatic carbocycles. The quantitative estimate of drug-likeness (QED) is 0.473. The number of carbonyl (C=O) groups excluding carboxylic acids is 3. The minimum atomic E-state index is -0.493. The molecule has 1 unspecified atom stereocenters. The SMILES string of the molecule is CCOC(=O)CNC(=O)C1CNC(=O)CN1. The third-order valence-corrected chi connectivity index (χ3v) is 2.04. The Labute approximate surface area is 92.9 Å². The largest absolute Gasteiger partial charge is 0.465 e. The van der Waals surface area contributed by atoms with Crippen LogP contribution < -0.4 is 16.0 Å². The van der Waals surface area contributed by atoms with Crippen LogP contribution in [0.2, 0.25) is 0 Å². The molecular formula is C9H15N3O4. The van der Waals surface area contributed by atoms with Crippen LogP contribution in [0, 0.1) is 0 Å². The van der Waals surface area contributed by atoms with Crippen LogP contribution in [0.1, 0.15) is 6.92 Å². The lowest BCUT2D eigenvalue weighted by Gasteiger charge is -2.22. The molecule has 0 aromatic heterocycles. The van der Waals surface area contributed by atoms with E-state index >= 15 is 0 Å². The van der Waals surface area contributed by atoms with Crippen molar-refractivity contribution in [2.75, 3.05) is 26.2 Å². The second kappa shape index (κ2) is 6.06. The molecule has 0 bridgehead atoms. The molecule has 1 rings (SSSR count). The van der Waals surface area contributed by atoms with Crippen molar-refractivity contribution in [1.82, 2.24) is 16.0 Å². The van der Waals surface area contributed by atoms with Crippen molar-refractivity contribution in [2.45, 2.75) is 13.0 Å². The summed E-state index contributed by atoms with van der Waals surface area (Å²) in [5.74, 6) is -0.946. The van der Waals surface area contributed by atoms with Gasteiger partial charge in [0.2, 0.25) is 11.8 Å². The number of rotatable bonds is 4. The molecule has 1 saturated heterocycles. The first-order valence-corrected chi connectivity index (χ1v) is 5.07. The highest BCUT2D eigenvalue weighted by Crippen LogP contribution is 1.88. The van der Waals surface area contributed by atoms with Crippen molar-refractivity contribution in [1.29, 1.82) is 0 Å². The number of carbonyl (C=O) groups is 3. The van der Waals surface area contributed by atoms with E-state index in [4.69, 9.17) is 0 Å². The van der Waals surface area contributed by atoms with Crippen LogP contribution in [-0.4, -0.2) is 50.1 Å². The van der Waals surface area contributed by atoms with E-state index in [9.17, 15) is 14.4 Å². The second-order valence-corrected chi connectivity index (χ2v) is 3.26. The zero-order chi connectivity index (χ0) is 12.0. The predicted molar refractivity (Wildman–Crippen MR) is 54.4 cm³/mol. The minimum Gasteiger partial charge on any atom is -0.465 e. The normalized spacial score (nSPS) is 19.8. The minimum absolute atomic E-state index is 0.109. The maximum absolute atomic E-state index is 11.5. The second-order valence-electron chi connectivity index (χ2n) is 3.26. The Morgan fingerprint density at radius 2 is 2.31 bits per heavy atom. The highest BCUT2D eigenvalue weighted by atomic mass is 16.5. The van der Waals surface area contributed by atoms with Gasteiger partial charge in [-0.25, -0.2) is 0 Å². The number of hydrogen-bond acceptors (Lipinski definition) is 5. The Morgan fingerprint density at radius 1 is 1.56 bits per heavy atom. The molecule has 7 nitrogen and oxygen atoms in total. The number of hydrogen-bond donors (Lipinski definition) is 3. The molecule has 16 heavy (non-hydrogen) atoms. The molecule has 2 amide bonds. The van der Waals surface area contributed by atoms with Gasteiger partial charge in [-0.15, -0.1) is 0 Å². The summed E-state index contributed by atoms with van der Waals surface area (Å²) in [7, 11) is 0. The van der Waals surface area contributed by atoms with E-state index in [0.717, 1.165) is 0 Å². The maximum atomic E-state index is 11.5. The van der Waals surface area contributed by atoms with Crippen LogP contribution in [0.15, 0.2) is 0 Å². The molecule has 1 aliphatic rings. The smallest absolute Gasteiger partial charge is 0.325 e. The first-order valence-electron chi connectivity index (χ1n) is 5.07. The third kappa shape index (κ3) is 3.85. The summed E-state index contributed by atoms with van der Waals surface area (Å²) in [6.07, 6.45) is 0. The number of ether oxygens (including phenoxy) is 1. The number of esters is 1. The molecule has 7 heteroatoms. The highest BCUT2D eigenvalue weighted by molar-refractivity contribution is 5.88. The van der Waals surface area contributed by atoms with Crippen molar-refractivity contribution in [2.24, 2.45) is 0 Å². The average Bonchev–Trinajstić information content (AvgIpc) is 2.27. The molecule has 1 fully saturated rings. The van der Waals surface area contributed by atoms with Gasteiger partial charge >= 0.3 is 5.97 Å². The van der Waals surface area contributed by atoms with Gasteiger partial charge in [-0.1, -0.05) is 0 Å².